The normalized spacial score (nSPS) is 20.5. The third-order valence-corrected chi connectivity index (χ3v) is 10.6. The summed E-state index contributed by atoms with van der Waals surface area (Å²) in [5, 5.41) is 0.562. The van der Waals surface area contributed by atoms with Gasteiger partial charge in [0.1, 0.15) is 23.6 Å². The largest absolute Gasteiger partial charge is 0.465 e. The average Bonchev–Trinajstić information content (AvgIpc) is 2.91. The van der Waals surface area contributed by atoms with Crippen LogP contribution >= 0.6 is 11.6 Å². The van der Waals surface area contributed by atoms with Gasteiger partial charge >= 0.3 is 10.0 Å². The molecule has 0 amide bonds. The molecule has 0 N–H and O–H groups in total. The van der Waals surface area contributed by atoms with Crippen LogP contribution in [0.2, 0.25) is 5.02 Å². The number of hydrogen-bond acceptors (Lipinski definition) is 4. The van der Waals surface area contributed by atoms with Crippen LogP contribution in [0, 0.1) is 12.8 Å². The number of nitrogens with zero attached hydrogens (tertiary/aromatic N) is 1. The van der Waals surface area contributed by atoms with E-state index in [2.05, 4.69) is 0 Å². The Hall–Kier alpha value is -2.67. The summed E-state index contributed by atoms with van der Waals surface area (Å²) in [5.41, 5.74) is 2.90. The van der Waals surface area contributed by atoms with Gasteiger partial charge in [0.05, 0.1) is 6.54 Å². The molecule has 1 fully saturated rings. The molecule has 1 aliphatic rings. The fourth-order valence-corrected chi connectivity index (χ4v) is 7.92. The van der Waals surface area contributed by atoms with E-state index in [1.54, 1.807) is 24.3 Å². The molecule has 0 aliphatic heterocycles. The third-order valence-electron chi connectivity index (χ3n) is 7.79. The van der Waals surface area contributed by atoms with E-state index in [9.17, 15) is 13.2 Å². The summed E-state index contributed by atoms with van der Waals surface area (Å²) in [6.07, 6.45) is 2.97. The van der Waals surface area contributed by atoms with Gasteiger partial charge in [0, 0.05) is 22.1 Å². The molecule has 0 aromatic heterocycles. The van der Waals surface area contributed by atoms with Crippen LogP contribution in [0.4, 0.5) is 0 Å². The lowest BCUT2D eigenvalue weighted by atomic mass is 9.86. The first kappa shape index (κ1) is 27.4. The molecule has 3 aromatic rings. The molecule has 0 heterocycles. The van der Waals surface area contributed by atoms with Crippen molar-refractivity contribution < 1.29 is 21.8 Å². The van der Waals surface area contributed by atoms with Gasteiger partial charge in [-0.25, -0.2) is 3.89 Å². The Morgan fingerprint density at radius 1 is 0.946 bits per heavy atom. The Kier molecular flexibility index (Phi) is 8.73. The van der Waals surface area contributed by atoms with E-state index in [0.717, 1.165) is 42.4 Å². The Bertz CT molecular complexity index is 1290. The first-order valence-electron chi connectivity index (χ1n) is 12.8. The van der Waals surface area contributed by atoms with E-state index in [0.29, 0.717) is 22.9 Å². The number of carbonyl (C=O) groups is 1. The smallest absolute Gasteiger partial charge is 0.328 e. The molecule has 1 unspecified atom stereocenters. The van der Waals surface area contributed by atoms with Gasteiger partial charge < -0.3 is 4.74 Å². The predicted molar refractivity (Wildman–Crippen MR) is 146 cm³/mol. The van der Waals surface area contributed by atoms with Gasteiger partial charge in [-0.15, -0.1) is 0 Å². The SMILES string of the molecule is Cc1ccc([C@H](C)[N+](Cc2ccccc2Cl)(CC2CCC(OC=O)CC2)S(=O)(=O)c2ccccc2)cc1. The molecule has 1 aliphatic carbocycles. The molecular weight excluding hydrogens is 506 g/mol. The van der Waals surface area contributed by atoms with Crippen molar-refractivity contribution in [2.75, 3.05) is 6.54 Å². The van der Waals surface area contributed by atoms with Crippen LogP contribution in [0.1, 0.15) is 55.3 Å². The minimum Gasteiger partial charge on any atom is -0.465 e. The lowest BCUT2D eigenvalue weighted by Gasteiger charge is -2.45. The van der Waals surface area contributed by atoms with Gasteiger partial charge in [0.25, 0.3) is 6.47 Å². The maximum atomic E-state index is 14.8. The first-order chi connectivity index (χ1) is 17.8. The summed E-state index contributed by atoms with van der Waals surface area (Å²) < 4.78 is 34.5. The fraction of sp³-hybridized carbons (Fsp3) is 0.367. The average molecular weight is 541 g/mol. The minimum atomic E-state index is -3.87. The van der Waals surface area contributed by atoms with E-state index in [-0.39, 0.29) is 28.5 Å². The van der Waals surface area contributed by atoms with E-state index in [1.165, 1.54) is 0 Å². The summed E-state index contributed by atoms with van der Waals surface area (Å²) in [4.78, 5) is 11.2. The molecule has 1 saturated carbocycles. The van der Waals surface area contributed by atoms with Crippen molar-refractivity contribution in [2.45, 2.75) is 63.1 Å². The lowest BCUT2D eigenvalue weighted by molar-refractivity contribution is -0.855. The zero-order valence-electron chi connectivity index (χ0n) is 21.4. The summed E-state index contributed by atoms with van der Waals surface area (Å²) in [5.74, 6) is 0.153. The number of sulfonamides is 1. The Morgan fingerprint density at radius 2 is 1.57 bits per heavy atom. The minimum absolute atomic E-state index is 0.0977. The van der Waals surface area contributed by atoms with Crippen molar-refractivity contribution in [2.24, 2.45) is 5.92 Å². The van der Waals surface area contributed by atoms with E-state index in [1.807, 2.05) is 68.4 Å². The lowest BCUT2D eigenvalue weighted by Crippen LogP contribution is -2.56. The third kappa shape index (κ3) is 5.92. The zero-order valence-corrected chi connectivity index (χ0v) is 23.0. The fourth-order valence-electron chi connectivity index (χ4n) is 5.55. The van der Waals surface area contributed by atoms with Crippen molar-refractivity contribution >= 4 is 28.1 Å². The van der Waals surface area contributed by atoms with Crippen LogP contribution in [0.25, 0.3) is 0 Å². The quantitative estimate of drug-likeness (QED) is 0.208. The highest BCUT2D eigenvalue weighted by molar-refractivity contribution is 7.86. The first-order valence-corrected chi connectivity index (χ1v) is 14.6. The van der Waals surface area contributed by atoms with Gasteiger partial charge in [-0.1, -0.05) is 77.8 Å². The van der Waals surface area contributed by atoms with Crippen molar-refractivity contribution in [3.63, 3.8) is 0 Å². The van der Waals surface area contributed by atoms with Gasteiger partial charge in [0.15, 0.2) is 0 Å². The molecule has 37 heavy (non-hydrogen) atoms. The van der Waals surface area contributed by atoms with Gasteiger partial charge in [-0.3, -0.25) is 4.79 Å². The number of quaternary nitrogens is 1. The van der Waals surface area contributed by atoms with Crippen LogP contribution < -0.4 is 0 Å². The second-order valence-corrected chi connectivity index (χ2v) is 12.7. The summed E-state index contributed by atoms with van der Waals surface area (Å²) in [7, 11) is -3.87. The van der Waals surface area contributed by atoms with Crippen LogP contribution in [-0.4, -0.2) is 31.4 Å². The van der Waals surface area contributed by atoms with Gasteiger partial charge in [-0.05, 0) is 57.7 Å². The number of ether oxygens (including phenoxy) is 1. The molecule has 4 rings (SSSR count). The molecular formula is C30H35ClNO4S+. The monoisotopic (exact) mass is 540 g/mol. The molecule has 5 nitrogen and oxygen atoms in total. The number of rotatable bonds is 10. The van der Waals surface area contributed by atoms with Crippen LogP contribution in [0.15, 0.2) is 83.8 Å². The Balaban J connectivity index is 1.86. The highest BCUT2D eigenvalue weighted by Crippen LogP contribution is 2.43. The molecule has 0 bridgehead atoms. The molecule has 0 radical (unpaired) electrons. The zero-order chi connectivity index (χ0) is 26.5. The second kappa shape index (κ2) is 11.8. The number of benzene rings is 3. The van der Waals surface area contributed by atoms with Crippen molar-refractivity contribution in [1.82, 2.24) is 0 Å². The molecule has 0 spiro atoms. The molecule has 196 valence electrons. The van der Waals surface area contributed by atoms with E-state index >= 15 is 0 Å². The Morgan fingerprint density at radius 3 is 2.19 bits per heavy atom. The van der Waals surface area contributed by atoms with E-state index in [4.69, 9.17) is 16.3 Å². The summed E-state index contributed by atoms with van der Waals surface area (Å²) in [6, 6.07) is 24.1. The number of halogens is 1. The maximum Gasteiger partial charge on any atom is 0.328 e. The van der Waals surface area contributed by atoms with E-state index < -0.39 is 10.0 Å². The highest BCUT2D eigenvalue weighted by Gasteiger charge is 2.50. The van der Waals surface area contributed by atoms with Crippen LogP contribution in [0.3, 0.4) is 0 Å². The number of aryl methyl sites for hydroxylation is 1. The standard InChI is InChI=1S/C30H35ClNO4S/c1-23-12-16-26(17-13-23)24(2)32(21-27-8-6-7-11-30(27)31,37(34,35)29-9-4-3-5-10-29)20-25-14-18-28(19-15-25)36-22-33/h3-13,16-17,22,24-25,28H,14-15,18-21H2,1-2H3/q+1/t24-,25?,28?,32?/m0/s1. The summed E-state index contributed by atoms with van der Waals surface area (Å²) in [6.45, 7) is 5.24. The molecule has 0 saturated heterocycles. The van der Waals surface area contributed by atoms with Gasteiger partial charge in [-0.2, -0.15) is 8.42 Å². The predicted octanol–water partition coefficient (Wildman–Crippen LogP) is 6.85. The van der Waals surface area contributed by atoms with Crippen LogP contribution in [-0.2, 0) is 26.1 Å². The number of hydrogen-bond donors (Lipinski definition) is 0. The topological polar surface area (TPSA) is 60.4 Å². The Labute approximate surface area is 225 Å². The highest BCUT2D eigenvalue weighted by atomic mass is 35.5. The number of carbonyl (C=O) groups excluding carboxylic acids is 1. The van der Waals surface area contributed by atoms with Crippen LogP contribution in [0.5, 0.6) is 0 Å². The molecule has 2 atom stereocenters. The molecule has 7 heteroatoms. The second-order valence-electron chi connectivity index (χ2n) is 10.1. The molecule has 3 aromatic carbocycles. The van der Waals surface area contributed by atoms with Gasteiger partial charge in [0.2, 0.25) is 0 Å². The van der Waals surface area contributed by atoms with Crippen molar-refractivity contribution in [3.8, 4) is 0 Å². The summed E-state index contributed by atoms with van der Waals surface area (Å²) >= 11 is 6.64. The van der Waals surface area contributed by atoms with Crippen molar-refractivity contribution in [3.05, 3.63) is 101 Å². The maximum absolute atomic E-state index is 14.8. The van der Waals surface area contributed by atoms with Crippen molar-refractivity contribution in [1.29, 1.82) is 0 Å².